The van der Waals surface area contributed by atoms with Crippen molar-refractivity contribution in [2.45, 2.75) is 38.3 Å². The second-order valence-corrected chi connectivity index (χ2v) is 6.12. The topological polar surface area (TPSA) is 84.7 Å². The van der Waals surface area contributed by atoms with E-state index in [1.165, 1.54) is 0 Å². The van der Waals surface area contributed by atoms with Crippen LogP contribution >= 0.6 is 12.4 Å². The van der Waals surface area contributed by atoms with E-state index in [0.29, 0.717) is 31.7 Å². The summed E-state index contributed by atoms with van der Waals surface area (Å²) < 4.78 is 5.13. The Morgan fingerprint density at radius 2 is 2.16 bits per heavy atom. The molecule has 0 saturated carbocycles. The van der Waals surface area contributed by atoms with Crippen LogP contribution in [0.1, 0.15) is 41.6 Å². The third-order valence-corrected chi connectivity index (χ3v) is 4.28. The number of hydrogen-bond donors (Lipinski definition) is 2. The number of nitrogens with one attached hydrogen (secondary N) is 1. The zero-order valence-electron chi connectivity index (χ0n) is 14.7. The van der Waals surface area contributed by atoms with E-state index in [4.69, 9.17) is 10.5 Å². The Balaban J connectivity index is 0.00000312. The number of likely N-dealkylation sites (tertiary alicyclic amines) is 1. The number of ether oxygens (including phenoxy) is 1. The summed E-state index contributed by atoms with van der Waals surface area (Å²) in [7, 11) is 1.64. The molecule has 1 unspecified atom stereocenters. The molecular weight excluding hydrogens is 342 g/mol. The van der Waals surface area contributed by atoms with Crippen LogP contribution in [0.5, 0.6) is 0 Å². The lowest BCUT2D eigenvalue weighted by Gasteiger charge is -2.36. The molecule has 2 amide bonds. The monoisotopic (exact) mass is 369 g/mol. The molecule has 6 nitrogen and oxygen atoms in total. The number of nitrogens with zero attached hydrogens (tertiary/aromatic N) is 1. The molecule has 0 spiro atoms. The Labute approximate surface area is 155 Å². The molecule has 1 saturated heterocycles. The molecule has 1 fully saturated rings. The number of hydrogen-bond acceptors (Lipinski definition) is 4. The molecule has 2 rings (SSSR count). The first-order chi connectivity index (χ1) is 11.7. The van der Waals surface area contributed by atoms with Gasteiger partial charge in [0.1, 0.15) is 0 Å². The van der Waals surface area contributed by atoms with Gasteiger partial charge in [0, 0.05) is 44.8 Å². The highest BCUT2D eigenvalue weighted by atomic mass is 35.5. The molecule has 1 aliphatic rings. The van der Waals surface area contributed by atoms with E-state index in [-0.39, 0.29) is 30.3 Å². The molecule has 7 heteroatoms. The molecule has 1 aliphatic heterocycles. The van der Waals surface area contributed by atoms with Gasteiger partial charge in [0.15, 0.2) is 0 Å². The number of amides is 2. The number of rotatable bonds is 7. The van der Waals surface area contributed by atoms with Crippen molar-refractivity contribution in [3.63, 3.8) is 0 Å². The summed E-state index contributed by atoms with van der Waals surface area (Å²) in [5, 5.41) is 2.89. The Morgan fingerprint density at radius 3 is 2.88 bits per heavy atom. The Bertz CT molecular complexity index is 568. The second kappa shape index (κ2) is 11.1. The minimum Gasteiger partial charge on any atom is -0.380 e. The largest absolute Gasteiger partial charge is 0.380 e. The van der Waals surface area contributed by atoms with E-state index in [1.54, 1.807) is 7.11 Å². The molecule has 1 heterocycles. The third kappa shape index (κ3) is 6.30. The van der Waals surface area contributed by atoms with Crippen LogP contribution in [0.3, 0.4) is 0 Å². The normalized spacial score (nSPS) is 16.9. The quantitative estimate of drug-likeness (QED) is 0.766. The zero-order chi connectivity index (χ0) is 17.4. The Hall–Kier alpha value is -1.63. The van der Waals surface area contributed by atoms with Gasteiger partial charge in [-0.05, 0) is 37.0 Å². The van der Waals surface area contributed by atoms with Crippen molar-refractivity contribution in [3.05, 3.63) is 35.4 Å². The summed E-state index contributed by atoms with van der Waals surface area (Å²) in [5.41, 5.74) is 7.04. The molecule has 1 aromatic carbocycles. The maximum absolute atomic E-state index is 12.9. The first-order valence-electron chi connectivity index (χ1n) is 8.51. The van der Waals surface area contributed by atoms with Gasteiger partial charge in [-0.3, -0.25) is 9.59 Å². The van der Waals surface area contributed by atoms with Crippen LogP contribution in [0.15, 0.2) is 24.3 Å². The van der Waals surface area contributed by atoms with E-state index in [9.17, 15) is 9.59 Å². The summed E-state index contributed by atoms with van der Waals surface area (Å²) >= 11 is 0. The average molecular weight is 370 g/mol. The number of nitrogens with two attached hydrogens (primary N) is 1. The summed E-state index contributed by atoms with van der Waals surface area (Å²) in [6, 6.07) is 7.58. The number of carbonyl (C=O) groups is 2. The minimum absolute atomic E-state index is 0. The summed E-state index contributed by atoms with van der Waals surface area (Å²) in [6.07, 6.45) is 3.30. The van der Waals surface area contributed by atoms with Crippen LogP contribution in [0.25, 0.3) is 0 Å². The predicted octanol–water partition coefficient (Wildman–Crippen LogP) is 1.71. The second-order valence-electron chi connectivity index (χ2n) is 6.12. The van der Waals surface area contributed by atoms with Crippen molar-refractivity contribution in [2.75, 3.05) is 26.7 Å². The number of carbonyl (C=O) groups excluding carboxylic acids is 2. The van der Waals surface area contributed by atoms with Crippen molar-refractivity contribution in [2.24, 2.45) is 5.73 Å². The summed E-state index contributed by atoms with van der Waals surface area (Å²) in [5.74, 6) is -0.0386. The van der Waals surface area contributed by atoms with Gasteiger partial charge >= 0.3 is 0 Å². The van der Waals surface area contributed by atoms with Gasteiger partial charge in [-0.2, -0.15) is 0 Å². The lowest BCUT2D eigenvalue weighted by molar-refractivity contribution is -0.121. The predicted molar refractivity (Wildman–Crippen MR) is 99.8 cm³/mol. The Morgan fingerprint density at radius 1 is 1.36 bits per heavy atom. The molecule has 0 aliphatic carbocycles. The Kier molecular flexibility index (Phi) is 9.49. The van der Waals surface area contributed by atoms with Gasteiger partial charge in [-0.25, -0.2) is 0 Å². The van der Waals surface area contributed by atoms with Gasteiger partial charge in [0.05, 0.1) is 6.61 Å². The van der Waals surface area contributed by atoms with Crippen molar-refractivity contribution < 1.29 is 14.3 Å². The van der Waals surface area contributed by atoms with Gasteiger partial charge in [0.2, 0.25) is 5.91 Å². The van der Waals surface area contributed by atoms with Gasteiger partial charge in [-0.1, -0.05) is 12.1 Å². The van der Waals surface area contributed by atoms with Crippen LogP contribution in [0.4, 0.5) is 0 Å². The van der Waals surface area contributed by atoms with E-state index < -0.39 is 0 Å². The standard InChI is InChI=1S/C18H27N3O3.ClH/c1-24-13-14-5-4-6-15(11-14)18(23)21-10-3-2-7-16(21)12-20-17(22)8-9-19;/h4-6,11,16H,2-3,7-10,12-13,19H2,1H3,(H,20,22);1H. The van der Waals surface area contributed by atoms with Crippen molar-refractivity contribution in [3.8, 4) is 0 Å². The van der Waals surface area contributed by atoms with E-state index in [1.807, 2.05) is 29.2 Å². The van der Waals surface area contributed by atoms with Crippen LogP contribution in [0.2, 0.25) is 0 Å². The number of piperidine rings is 1. The highest BCUT2D eigenvalue weighted by Crippen LogP contribution is 2.20. The summed E-state index contributed by atoms with van der Waals surface area (Å²) in [4.78, 5) is 26.4. The van der Waals surface area contributed by atoms with Gasteiger partial charge in [-0.15, -0.1) is 12.4 Å². The SMILES string of the molecule is COCc1cccc(C(=O)N2CCCCC2CNC(=O)CCN)c1.Cl. The maximum atomic E-state index is 12.9. The van der Waals surface area contributed by atoms with Crippen molar-refractivity contribution in [1.82, 2.24) is 10.2 Å². The fourth-order valence-corrected chi connectivity index (χ4v) is 3.06. The lowest BCUT2D eigenvalue weighted by Crippen LogP contribution is -2.49. The van der Waals surface area contributed by atoms with Crippen molar-refractivity contribution in [1.29, 1.82) is 0 Å². The van der Waals surface area contributed by atoms with Gasteiger partial charge < -0.3 is 20.7 Å². The lowest BCUT2D eigenvalue weighted by atomic mass is 10.00. The van der Waals surface area contributed by atoms with Crippen LogP contribution in [-0.4, -0.2) is 49.5 Å². The van der Waals surface area contributed by atoms with Crippen LogP contribution in [0, 0.1) is 0 Å². The van der Waals surface area contributed by atoms with Gasteiger partial charge in [0.25, 0.3) is 5.91 Å². The molecule has 25 heavy (non-hydrogen) atoms. The maximum Gasteiger partial charge on any atom is 0.254 e. The first kappa shape index (κ1) is 21.4. The molecule has 3 N–H and O–H groups in total. The van der Waals surface area contributed by atoms with E-state index in [0.717, 1.165) is 31.4 Å². The molecular formula is C18H28ClN3O3. The van der Waals surface area contributed by atoms with Crippen LogP contribution < -0.4 is 11.1 Å². The van der Waals surface area contributed by atoms with E-state index >= 15 is 0 Å². The summed E-state index contributed by atoms with van der Waals surface area (Å²) in [6.45, 7) is 2.04. The molecule has 0 radical (unpaired) electrons. The molecule has 1 atom stereocenters. The van der Waals surface area contributed by atoms with E-state index in [2.05, 4.69) is 5.32 Å². The molecule has 0 bridgehead atoms. The minimum atomic E-state index is -0.0578. The highest BCUT2D eigenvalue weighted by Gasteiger charge is 2.27. The number of benzene rings is 1. The molecule has 0 aromatic heterocycles. The fourth-order valence-electron chi connectivity index (χ4n) is 3.06. The first-order valence-corrected chi connectivity index (χ1v) is 8.51. The number of methoxy groups -OCH3 is 1. The number of halogens is 1. The zero-order valence-corrected chi connectivity index (χ0v) is 15.5. The van der Waals surface area contributed by atoms with Crippen LogP contribution in [-0.2, 0) is 16.1 Å². The average Bonchev–Trinajstić information content (AvgIpc) is 2.60. The highest BCUT2D eigenvalue weighted by molar-refractivity contribution is 5.94. The molecule has 140 valence electrons. The van der Waals surface area contributed by atoms with Crippen molar-refractivity contribution >= 4 is 24.2 Å². The third-order valence-electron chi connectivity index (χ3n) is 4.28. The smallest absolute Gasteiger partial charge is 0.254 e. The fraction of sp³-hybridized carbons (Fsp3) is 0.556. The molecule has 1 aromatic rings.